The van der Waals surface area contributed by atoms with Crippen LogP contribution in [0.2, 0.25) is 0 Å². The van der Waals surface area contributed by atoms with Crippen LogP contribution in [0.1, 0.15) is 21.5 Å². The number of sulfonamides is 1. The lowest BCUT2D eigenvalue weighted by Crippen LogP contribution is -2.40. The minimum absolute atomic E-state index is 0.0277. The number of rotatable bonds is 8. The van der Waals surface area contributed by atoms with E-state index in [0.717, 1.165) is 24.7 Å². The van der Waals surface area contributed by atoms with E-state index < -0.39 is 41.0 Å². The number of benzene rings is 2. The van der Waals surface area contributed by atoms with E-state index in [9.17, 15) is 22.8 Å². The summed E-state index contributed by atoms with van der Waals surface area (Å²) in [4.78, 5) is 37.2. The van der Waals surface area contributed by atoms with Crippen molar-refractivity contribution in [3.05, 3.63) is 59.2 Å². The molecular weight excluding hydrogens is 424 g/mol. The first-order valence-electron chi connectivity index (χ1n) is 9.20. The first-order chi connectivity index (χ1) is 14.6. The van der Waals surface area contributed by atoms with Gasteiger partial charge in [-0.2, -0.15) is 0 Å². The average Bonchev–Trinajstić information content (AvgIpc) is 2.72. The maximum absolute atomic E-state index is 13.0. The smallest absolute Gasteiger partial charge is 0.325 e. The van der Waals surface area contributed by atoms with Gasteiger partial charge in [0.15, 0.2) is 0 Å². The SMILES string of the molecule is COC(=O)CN(CC(=O)OC)C(=O)c1cc(S(=O)(=O)Nc2cccc(C)c2)ccc1C. The van der Waals surface area contributed by atoms with E-state index >= 15 is 0 Å². The molecule has 0 aliphatic rings. The van der Waals surface area contributed by atoms with Gasteiger partial charge in [0.25, 0.3) is 15.9 Å². The highest BCUT2D eigenvalue weighted by atomic mass is 32.2. The molecule has 0 saturated heterocycles. The van der Waals surface area contributed by atoms with Crippen molar-refractivity contribution in [2.24, 2.45) is 0 Å². The highest BCUT2D eigenvalue weighted by Crippen LogP contribution is 2.21. The minimum Gasteiger partial charge on any atom is -0.468 e. The van der Waals surface area contributed by atoms with E-state index in [1.165, 1.54) is 18.2 Å². The predicted octanol–water partition coefficient (Wildman–Crippen LogP) is 1.89. The predicted molar refractivity (Wildman–Crippen MR) is 113 cm³/mol. The molecule has 31 heavy (non-hydrogen) atoms. The van der Waals surface area contributed by atoms with Crippen molar-refractivity contribution >= 4 is 33.6 Å². The van der Waals surface area contributed by atoms with Crippen molar-refractivity contribution in [2.45, 2.75) is 18.7 Å². The molecular formula is C21H24N2O7S. The molecule has 0 spiro atoms. The van der Waals surface area contributed by atoms with E-state index in [1.807, 2.05) is 13.0 Å². The summed E-state index contributed by atoms with van der Waals surface area (Å²) in [6.45, 7) is 2.45. The second kappa shape index (κ2) is 10.1. The van der Waals surface area contributed by atoms with Crippen molar-refractivity contribution in [3.63, 3.8) is 0 Å². The zero-order valence-electron chi connectivity index (χ0n) is 17.7. The Balaban J connectivity index is 2.39. The summed E-state index contributed by atoms with van der Waals surface area (Å²) in [6.07, 6.45) is 0. The van der Waals surface area contributed by atoms with Gasteiger partial charge in [0.05, 0.1) is 19.1 Å². The number of nitrogens with zero attached hydrogens (tertiary/aromatic N) is 1. The van der Waals surface area contributed by atoms with Gasteiger partial charge in [-0.05, 0) is 49.2 Å². The lowest BCUT2D eigenvalue weighted by Gasteiger charge is -2.21. The van der Waals surface area contributed by atoms with E-state index in [0.29, 0.717) is 11.3 Å². The van der Waals surface area contributed by atoms with Crippen LogP contribution in [0.4, 0.5) is 5.69 Å². The number of anilines is 1. The van der Waals surface area contributed by atoms with Gasteiger partial charge >= 0.3 is 11.9 Å². The summed E-state index contributed by atoms with van der Waals surface area (Å²) < 4.78 is 37.3. The summed E-state index contributed by atoms with van der Waals surface area (Å²) in [5.74, 6) is -2.18. The van der Waals surface area contributed by atoms with Gasteiger partial charge in [0, 0.05) is 11.3 Å². The van der Waals surface area contributed by atoms with E-state index in [1.54, 1.807) is 25.1 Å². The molecule has 0 bridgehead atoms. The third-order valence-electron chi connectivity index (χ3n) is 4.40. The van der Waals surface area contributed by atoms with Crippen LogP contribution in [0.3, 0.4) is 0 Å². The Kier molecular flexibility index (Phi) is 7.76. The van der Waals surface area contributed by atoms with Gasteiger partial charge in [-0.25, -0.2) is 8.42 Å². The van der Waals surface area contributed by atoms with Gasteiger partial charge in [-0.1, -0.05) is 18.2 Å². The summed E-state index contributed by atoms with van der Waals surface area (Å²) >= 11 is 0. The lowest BCUT2D eigenvalue weighted by atomic mass is 10.1. The van der Waals surface area contributed by atoms with Crippen LogP contribution in [-0.2, 0) is 29.1 Å². The topological polar surface area (TPSA) is 119 Å². The van der Waals surface area contributed by atoms with Gasteiger partial charge in [-0.15, -0.1) is 0 Å². The number of carbonyl (C=O) groups is 3. The Morgan fingerprint density at radius 2 is 1.55 bits per heavy atom. The standard InChI is InChI=1S/C21H24N2O7S/c1-14-6-5-7-16(10-14)22-31(27,28)17-9-8-15(2)18(11-17)21(26)23(12-19(24)29-3)13-20(25)30-4/h5-11,22H,12-13H2,1-4H3. The second-order valence-electron chi connectivity index (χ2n) is 6.77. The minimum atomic E-state index is -3.99. The van der Waals surface area contributed by atoms with Crippen LogP contribution in [0.5, 0.6) is 0 Å². The number of amides is 1. The molecule has 2 aromatic carbocycles. The van der Waals surface area contributed by atoms with Crippen LogP contribution < -0.4 is 4.72 Å². The summed E-state index contributed by atoms with van der Waals surface area (Å²) in [5, 5.41) is 0. The quantitative estimate of drug-likeness (QED) is 0.613. The molecule has 0 unspecified atom stereocenters. The molecule has 1 amide bonds. The van der Waals surface area contributed by atoms with Gasteiger partial charge < -0.3 is 14.4 Å². The molecule has 0 aliphatic heterocycles. The number of hydrogen-bond donors (Lipinski definition) is 1. The van der Waals surface area contributed by atoms with Crippen molar-refractivity contribution in [2.75, 3.05) is 32.0 Å². The van der Waals surface area contributed by atoms with Gasteiger partial charge in [0.2, 0.25) is 0 Å². The van der Waals surface area contributed by atoms with Crippen molar-refractivity contribution < 1.29 is 32.3 Å². The molecule has 10 heteroatoms. The molecule has 0 saturated carbocycles. The highest BCUT2D eigenvalue weighted by Gasteiger charge is 2.25. The largest absolute Gasteiger partial charge is 0.468 e. The van der Waals surface area contributed by atoms with Crippen molar-refractivity contribution in [1.82, 2.24) is 4.90 Å². The zero-order valence-corrected chi connectivity index (χ0v) is 18.5. The van der Waals surface area contributed by atoms with Gasteiger partial charge in [-0.3, -0.25) is 19.1 Å². The van der Waals surface area contributed by atoms with Crippen LogP contribution in [0.15, 0.2) is 47.4 Å². The fourth-order valence-electron chi connectivity index (χ4n) is 2.73. The molecule has 0 atom stereocenters. The Hall–Kier alpha value is -3.40. The monoisotopic (exact) mass is 448 g/mol. The Morgan fingerprint density at radius 3 is 2.10 bits per heavy atom. The fraction of sp³-hybridized carbons (Fsp3) is 0.286. The summed E-state index contributed by atoms with van der Waals surface area (Å²) in [5.41, 5.74) is 1.76. The first kappa shape index (κ1) is 23.9. The number of hydrogen-bond acceptors (Lipinski definition) is 7. The first-order valence-corrected chi connectivity index (χ1v) is 10.7. The Bertz CT molecular complexity index is 1080. The third-order valence-corrected chi connectivity index (χ3v) is 5.78. The molecule has 0 radical (unpaired) electrons. The molecule has 9 nitrogen and oxygen atoms in total. The zero-order chi connectivity index (χ0) is 23.2. The van der Waals surface area contributed by atoms with E-state index in [4.69, 9.17) is 0 Å². The van der Waals surface area contributed by atoms with Crippen LogP contribution >= 0.6 is 0 Å². The van der Waals surface area contributed by atoms with Crippen LogP contribution in [0, 0.1) is 13.8 Å². The number of ether oxygens (including phenoxy) is 2. The molecule has 2 aromatic rings. The van der Waals surface area contributed by atoms with E-state index in [2.05, 4.69) is 14.2 Å². The van der Waals surface area contributed by atoms with Crippen molar-refractivity contribution in [3.8, 4) is 0 Å². The van der Waals surface area contributed by atoms with Crippen molar-refractivity contribution in [1.29, 1.82) is 0 Å². The Morgan fingerprint density at radius 1 is 0.935 bits per heavy atom. The van der Waals surface area contributed by atoms with Gasteiger partial charge in [0.1, 0.15) is 13.1 Å². The molecule has 166 valence electrons. The van der Waals surface area contributed by atoms with E-state index in [-0.39, 0.29) is 10.5 Å². The second-order valence-corrected chi connectivity index (χ2v) is 8.45. The maximum Gasteiger partial charge on any atom is 0.325 e. The molecule has 0 aromatic heterocycles. The average molecular weight is 448 g/mol. The molecule has 2 rings (SSSR count). The highest BCUT2D eigenvalue weighted by molar-refractivity contribution is 7.92. The maximum atomic E-state index is 13.0. The molecule has 0 heterocycles. The summed E-state index contributed by atoms with van der Waals surface area (Å²) in [7, 11) is -1.69. The normalized spacial score (nSPS) is 10.8. The summed E-state index contributed by atoms with van der Waals surface area (Å²) in [6, 6.07) is 10.9. The third kappa shape index (κ3) is 6.29. The molecule has 0 aliphatic carbocycles. The van der Waals surface area contributed by atoms with Crippen LogP contribution in [-0.4, -0.2) is 58.5 Å². The number of nitrogens with one attached hydrogen (secondary N) is 1. The number of aryl methyl sites for hydroxylation is 2. The number of carbonyl (C=O) groups excluding carboxylic acids is 3. The van der Waals surface area contributed by atoms with Crippen LogP contribution in [0.25, 0.3) is 0 Å². The lowest BCUT2D eigenvalue weighted by molar-refractivity contribution is -0.144. The molecule has 1 N–H and O–H groups in total. The Labute approximate surface area is 181 Å². The molecule has 0 fully saturated rings. The number of methoxy groups -OCH3 is 2. The number of esters is 2. The fourth-order valence-corrected chi connectivity index (χ4v) is 3.81.